The van der Waals surface area contributed by atoms with Crippen molar-refractivity contribution in [2.75, 3.05) is 0 Å². The number of hydrogen-bond acceptors (Lipinski definition) is 3. The van der Waals surface area contributed by atoms with Crippen LogP contribution in [0.1, 0.15) is 0 Å². The number of aromatic nitrogens is 3. The van der Waals surface area contributed by atoms with Crippen LogP contribution in [0.3, 0.4) is 0 Å². The van der Waals surface area contributed by atoms with Crippen LogP contribution in [0, 0.1) is 0 Å². The average molecular weight is 484 g/mol. The molecule has 0 atom stereocenters. The normalized spacial score (nSPS) is 12.3. The maximum Gasteiger partial charge on any atom is 0.165 e. The third-order valence-electron chi connectivity index (χ3n) is 7.02. The third-order valence-corrected chi connectivity index (χ3v) is 9.06. The van der Waals surface area contributed by atoms with Crippen LogP contribution in [-0.2, 0) is 0 Å². The highest BCUT2D eigenvalue weighted by Crippen LogP contribution is 2.38. The molecule has 0 N–H and O–H groups in total. The first-order valence-corrected chi connectivity index (χ1v) is 15.8. The lowest BCUT2D eigenvalue weighted by molar-refractivity contribution is 0.669. The fourth-order valence-electron chi connectivity index (χ4n) is 5.11. The number of furan rings is 1. The summed E-state index contributed by atoms with van der Waals surface area (Å²) in [6.45, 7) is 7.09. The summed E-state index contributed by atoms with van der Waals surface area (Å²) < 4.78 is 8.75. The summed E-state index contributed by atoms with van der Waals surface area (Å²) in [5.74, 6) is 0.829. The first kappa shape index (κ1) is 21.1. The molecule has 174 valence electrons. The number of benzene rings is 4. The minimum Gasteiger partial charge on any atom is -0.455 e. The zero-order valence-electron chi connectivity index (χ0n) is 20.5. The molecule has 0 saturated heterocycles. The molecule has 0 aliphatic rings. The van der Waals surface area contributed by atoms with E-state index in [4.69, 9.17) is 14.4 Å². The number of pyridine rings is 1. The molecule has 4 nitrogen and oxygen atoms in total. The van der Waals surface area contributed by atoms with Gasteiger partial charge in [0.15, 0.2) is 11.5 Å². The van der Waals surface area contributed by atoms with Crippen molar-refractivity contribution >= 4 is 57.1 Å². The van der Waals surface area contributed by atoms with Crippen molar-refractivity contribution < 1.29 is 4.42 Å². The van der Waals surface area contributed by atoms with Crippen LogP contribution >= 0.6 is 0 Å². The van der Waals surface area contributed by atoms with Gasteiger partial charge in [-0.05, 0) is 24.3 Å². The Kier molecular flexibility index (Phi) is 4.47. The van der Waals surface area contributed by atoms with Gasteiger partial charge in [-0.25, -0.2) is 9.97 Å². The summed E-state index contributed by atoms with van der Waals surface area (Å²) in [6.07, 6.45) is 1.93. The molecule has 0 fully saturated rings. The molecule has 4 aromatic carbocycles. The van der Waals surface area contributed by atoms with E-state index in [1.165, 1.54) is 5.19 Å². The Hall–Kier alpha value is -4.22. The highest BCUT2D eigenvalue weighted by Gasteiger charge is 2.22. The van der Waals surface area contributed by atoms with Crippen LogP contribution < -0.4 is 5.19 Å². The zero-order valence-corrected chi connectivity index (χ0v) is 21.5. The topological polar surface area (TPSA) is 43.9 Å². The number of imidazole rings is 1. The molecule has 0 aliphatic carbocycles. The van der Waals surface area contributed by atoms with E-state index in [0.29, 0.717) is 0 Å². The van der Waals surface area contributed by atoms with Gasteiger partial charge in [0.25, 0.3) is 0 Å². The predicted molar refractivity (Wildman–Crippen MR) is 152 cm³/mol. The molecular formula is C31H25N3OSi. The van der Waals surface area contributed by atoms with Gasteiger partial charge in [0.1, 0.15) is 16.7 Å². The van der Waals surface area contributed by atoms with Crippen molar-refractivity contribution in [3.8, 4) is 17.1 Å². The van der Waals surface area contributed by atoms with Crippen molar-refractivity contribution in [1.82, 2.24) is 14.5 Å². The monoisotopic (exact) mass is 483 g/mol. The van der Waals surface area contributed by atoms with Gasteiger partial charge in [0, 0.05) is 33.4 Å². The molecule has 0 unspecified atom stereocenters. The number of hydrogen-bond donors (Lipinski definition) is 0. The van der Waals surface area contributed by atoms with Crippen LogP contribution in [-0.4, -0.2) is 22.6 Å². The number of nitrogens with zero attached hydrogens (tertiary/aromatic N) is 3. The Morgan fingerprint density at radius 1 is 0.750 bits per heavy atom. The molecule has 5 heteroatoms. The smallest absolute Gasteiger partial charge is 0.165 e. The van der Waals surface area contributed by atoms with E-state index in [1.807, 2.05) is 30.5 Å². The number of rotatable bonds is 3. The van der Waals surface area contributed by atoms with Gasteiger partial charge >= 0.3 is 0 Å². The fourth-order valence-corrected chi connectivity index (χ4v) is 6.26. The summed E-state index contributed by atoms with van der Waals surface area (Å²) >= 11 is 0. The molecule has 3 heterocycles. The minimum absolute atomic E-state index is 0.829. The van der Waals surface area contributed by atoms with E-state index in [2.05, 4.69) is 90.9 Å². The van der Waals surface area contributed by atoms with Gasteiger partial charge in [-0.2, -0.15) is 0 Å². The summed E-state index contributed by atoms with van der Waals surface area (Å²) in [4.78, 5) is 10.1. The Bertz CT molecular complexity index is 1930. The van der Waals surface area contributed by atoms with Crippen molar-refractivity contribution in [3.63, 3.8) is 0 Å². The molecule has 0 spiro atoms. The van der Waals surface area contributed by atoms with Crippen LogP contribution in [0.15, 0.2) is 102 Å². The summed E-state index contributed by atoms with van der Waals surface area (Å²) in [7, 11) is -1.46. The maximum absolute atomic E-state index is 6.60. The first-order valence-electron chi connectivity index (χ1n) is 12.3. The Morgan fingerprint density at radius 3 is 2.36 bits per heavy atom. The van der Waals surface area contributed by atoms with E-state index in [9.17, 15) is 0 Å². The van der Waals surface area contributed by atoms with Gasteiger partial charge in [-0.1, -0.05) is 91.6 Å². The second kappa shape index (κ2) is 7.64. The highest BCUT2D eigenvalue weighted by atomic mass is 28.3. The first-order chi connectivity index (χ1) is 17.5. The van der Waals surface area contributed by atoms with Gasteiger partial charge in [0.2, 0.25) is 0 Å². The molecule has 0 aliphatic heterocycles. The van der Waals surface area contributed by atoms with Gasteiger partial charge < -0.3 is 4.42 Å². The molecule has 0 amide bonds. The fraction of sp³-hybridized carbons (Fsp3) is 0.0968. The largest absolute Gasteiger partial charge is 0.455 e. The summed E-state index contributed by atoms with van der Waals surface area (Å²) in [6, 6.07) is 31.7. The van der Waals surface area contributed by atoms with Gasteiger partial charge in [-0.15, -0.1) is 0 Å². The van der Waals surface area contributed by atoms with Crippen molar-refractivity contribution in [2.45, 2.75) is 19.6 Å². The molecule has 0 saturated carbocycles. The predicted octanol–water partition coefficient (Wildman–Crippen LogP) is 7.69. The quantitative estimate of drug-likeness (QED) is 0.242. The number of para-hydroxylation sites is 2. The molecule has 7 aromatic rings. The zero-order chi connectivity index (χ0) is 24.4. The molecule has 0 bridgehead atoms. The van der Waals surface area contributed by atoms with Crippen LogP contribution in [0.2, 0.25) is 19.6 Å². The van der Waals surface area contributed by atoms with E-state index in [-0.39, 0.29) is 0 Å². The highest BCUT2D eigenvalue weighted by molar-refractivity contribution is 6.88. The van der Waals surface area contributed by atoms with E-state index in [0.717, 1.165) is 61.0 Å². The Balaban J connectivity index is 1.58. The minimum atomic E-state index is -1.46. The third kappa shape index (κ3) is 3.13. The van der Waals surface area contributed by atoms with Crippen molar-refractivity contribution in [3.05, 3.63) is 97.2 Å². The molecule has 0 radical (unpaired) electrons. The second-order valence-corrected chi connectivity index (χ2v) is 15.4. The average Bonchev–Trinajstić information content (AvgIpc) is 3.47. The standard InChI is InChI=1S/C31H25N3OSi/c1-36(2,3)22-16-17-24-25-14-9-15-26(29(25)35-27(24)18-22)30-33-28-23-13-8-7-10-20(23)19-32-31(28)34(30)21-11-5-4-6-12-21/h4-19H,1-3H3. The van der Waals surface area contributed by atoms with E-state index >= 15 is 0 Å². The molecule has 36 heavy (non-hydrogen) atoms. The van der Waals surface area contributed by atoms with Gasteiger partial charge in [-0.3, -0.25) is 4.57 Å². The summed E-state index contributed by atoms with van der Waals surface area (Å²) in [5.41, 5.74) is 5.50. The Labute approximate surface area is 209 Å². The SMILES string of the molecule is C[Si](C)(C)c1ccc2c(c1)oc1c(-c3nc4c5ccccc5cnc4n3-c3ccccc3)cccc12. The summed E-state index contributed by atoms with van der Waals surface area (Å²) in [5, 5.41) is 5.81. The molecular weight excluding hydrogens is 458 g/mol. The lowest BCUT2D eigenvalue weighted by Gasteiger charge is -2.15. The van der Waals surface area contributed by atoms with Gasteiger partial charge in [0.05, 0.1) is 13.6 Å². The maximum atomic E-state index is 6.60. The van der Waals surface area contributed by atoms with Crippen molar-refractivity contribution in [2.24, 2.45) is 0 Å². The number of fused-ring (bicyclic) bond motifs is 6. The second-order valence-electron chi connectivity index (χ2n) is 10.4. The molecule has 7 rings (SSSR count). The molecule has 3 aromatic heterocycles. The van der Waals surface area contributed by atoms with E-state index < -0.39 is 8.07 Å². The van der Waals surface area contributed by atoms with Crippen molar-refractivity contribution in [1.29, 1.82) is 0 Å². The van der Waals surface area contributed by atoms with E-state index in [1.54, 1.807) is 0 Å². The lowest BCUT2D eigenvalue weighted by atomic mass is 10.1. The van der Waals surface area contributed by atoms with Crippen LogP contribution in [0.5, 0.6) is 0 Å². The Morgan fingerprint density at radius 2 is 1.53 bits per heavy atom. The van der Waals surface area contributed by atoms with Crippen LogP contribution in [0.4, 0.5) is 0 Å². The van der Waals surface area contributed by atoms with Crippen LogP contribution in [0.25, 0.3) is 61.0 Å². The lowest BCUT2D eigenvalue weighted by Crippen LogP contribution is -2.37.